The van der Waals surface area contributed by atoms with Gasteiger partial charge in [0.25, 0.3) is 0 Å². The summed E-state index contributed by atoms with van der Waals surface area (Å²) in [5.41, 5.74) is 0. The maximum Gasteiger partial charge on any atom is 0.305 e. The van der Waals surface area contributed by atoms with Crippen LogP contribution in [0.5, 0.6) is 0 Å². The second-order valence-electron chi connectivity index (χ2n) is 30.6. The number of aliphatic hydroxyl groups excluding tert-OH is 5. The Hall–Kier alpha value is -2.12. The molecule has 7 unspecified atom stereocenters. The molecule has 11 nitrogen and oxygen atoms in total. The van der Waals surface area contributed by atoms with Gasteiger partial charge in [-0.05, 0) is 70.6 Å². The van der Waals surface area contributed by atoms with Crippen LogP contribution in [0.15, 0.2) is 36.5 Å². The van der Waals surface area contributed by atoms with Gasteiger partial charge < -0.3 is 45.1 Å². The fourth-order valence-corrected chi connectivity index (χ4v) is 14.2. The summed E-state index contributed by atoms with van der Waals surface area (Å²) in [5, 5.41) is 54.6. The monoisotopic (exact) mass is 1400 g/mol. The van der Waals surface area contributed by atoms with Crippen molar-refractivity contribution in [2.45, 2.75) is 493 Å². The molecule has 0 aromatic heterocycles. The minimum atomic E-state index is -1.57. The van der Waals surface area contributed by atoms with E-state index in [1.54, 1.807) is 6.08 Å². The van der Waals surface area contributed by atoms with E-state index in [1.165, 1.54) is 372 Å². The van der Waals surface area contributed by atoms with Gasteiger partial charge in [-0.15, -0.1) is 0 Å². The number of aliphatic hydroxyl groups is 5. The van der Waals surface area contributed by atoms with Gasteiger partial charge in [0.1, 0.15) is 24.4 Å². The third kappa shape index (κ3) is 65.2. The molecular formula is C88H167NO10. The fraction of sp³-hybridized carbons (Fsp3) is 0.909. The number of unbranched alkanes of at least 4 members (excludes halogenated alkanes) is 61. The minimum Gasteiger partial charge on any atom is -0.466 e. The maximum absolute atomic E-state index is 13.1. The number of carbonyl (C=O) groups is 2. The molecule has 7 atom stereocenters. The lowest BCUT2D eigenvalue weighted by Crippen LogP contribution is -2.60. The van der Waals surface area contributed by atoms with Gasteiger partial charge in [0.05, 0.1) is 32.0 Å². The molecule has 1 fully saturated rings. The highest BCUT2D eigenvalue weighted by atomic mass is 16.7. The number of hydrogen-bond acceptors (Lipinski definition) is 10. The molecular weight excluding hydrogens is 1230 g/mol. The number of nitrogens with one attached hydrogen (secondary N) is 1. The van der Waals surface area contributed by atoms with E-state index in [4.69, 9.17) is 14.2 Å². The van der Waals surface area contributed by atoms with Crippen LogP contribution in [0.25, 0.3) is 0 Å². The summed E-state index contributed by atoms with van der Waals surface area (Å²) in [5.74, 6) is -0.163. The van der Waals surface area contributed by atoms with Crippen molar-refractivity contribution in [1.29, 1.82) is 0 Å². The normalized spacial score (nSPS) is 17.3. The van der Waals surface area contributed by atoms with Gasteiger partial charge in [-0.25, -0.2) is 0 Å². The molecule has 1 saturated heterocycles. The molecule has 99 heavy (non-hydrogen) atoms. The molecule has 0 aliphatic carbocycles. The van der Waals surface area contributed by atoms with Crippen molar-refractivity contribution in [3.8, 4) is 0 Å². The molecule has 584 valence electrons. The molecule has 1 amide bonds. The first-order valence-corrected chi connectivity index (χ1v) is 43.8. The minimum absolute atomic E-state index is 0.0220. The van der Waals surface area contributed by atoms with Gasteiger partial charge in [0, 0.05) is 12.8 Å². The number of ether oxygens (including phenoxy) is 3. The SMILES string of the molecule is CCCCCCCCCC/C=C/CC/C=C/C(O)C(COC1OC(CO)C(O)C(O)C1O)NC(=O)CCCCCCCCCCCCCCCCCCC/C=C\CCCCCCCCCCCCCCCCCCCCOC(=O)CCCCCCCCCCCCCCCCCCCC. The highest BCUT2D eigenvalue weighted by molar-refractivity contribution is 5.76. The predicted molar refractivity (Wildman–Crippen MR) is 421 cm³/mol. The Bertz CT molecular complexity index is 1740. The largest absolute Gasteiger partial charge is 0.466 e. The molecule has 1 aliphatic heterocycles. The molecule has 0 aromatic rings. The standard InChI is InChI=1S/C88H167NO10/c1-3-5-7-9-11-13-15-17-19-20-45-48-52-56-60-64-68-72-76-84(93)97-77-73-69-65-61-57-53-49-46-43-41-39-37-35-33-31-29-27-25-23-21-22-24-26-28-30-32-34-36-38-40-42-44-47-51-55-59-63-67-71-75-83(92)89-80(79-98-88-87(96)86(95)85(94)82(78-90)99-88)81(91)74-70-66-62-58-54-50-18-16-14-12-10-8-6-4-2/h21-22,54,58,70,74,80-82,85-88,90-91,94-96H,3-20,23-53,55-57,59-69,71-73,75-79H2,1-2H3,(H,89,92)/b22-21-,58-54+,74-70+. The first-order valence-electron chi connectivity index (χ1n) is 43.8. The van der Waals surface area contributed by atoms with Crippen LogP contribution >= 0.6 is 0 Å². The third-order valence-corrected chi connectivity index (χ3v) is 21.0. The van der Waals surface area contributed by atoms with Crippen molar-refractivity contribution in [3.05, 3.63) is 36.5 Å². The van der Waals surface area contributed by atoms with Crippen molar-refractivity contribution in [1.82, 2.24) is 5.32 Å². The zero-order valence-corrected chi connectivity index (χ0v) is 65.5. The van der Waals surface area contributed by atoms with E-state index in [0.29, 0.717) is 19.4 Å². The highest BCUT2D eigenvalue weighted by Crippen LogP contribution is 2.24. The maximum atomic E-state index is 13.1. The zero-order valence-electron chi connectivity index (χ0n) is 65.5. The first-order chi connectivity index (χ1) is 48.7. The van der Waals surface area contributed by atoms with Crippen LogP contribution < -0.4 is 5.32 Å². The van der Waals surface area contributed by atoms with Gasteiger partial charge in [0.15, 0.2) is 6.29 Å². The Morgan fingerprint density at radius 1 is 0.364 bits per heavy atom. The Kier molecular flexibility index (Phi) is 73.8. The molecule has 6 N–H and O–H groups in total. The molecule has 0 radical (unpaired) electrons. The quantitative estimate of drug-likeness (QED) is 0.0195. The number of carbonyl (C=O) groups excluding carboxylic acids is 2. The van der Waals surface area contributed by atoms with Gasteiger partial charge in [-0.2, -0.15) is 0 Å². The van der Waals surface area contributed by atoms with Crippen LogP contribution in [0.4, 0.5) is 0 Å². The second kappa shape index (κ2) is 77.0. The molecule has 0 aromatic carbocycles. The highest BCUT2D eigenvalue weighted by Gasteiger charge is 2.44. The van der Waals surface area contributed by atoms with Crippen LogP contribution in [0, 0.1) is 0 Å². The van der Waals surface area contributed by atoms with Gasteiger partial charge >= 0.3 is 5.97 Å². The first kappa shape index (κ1) is 94.9. The topological polar surface area (TPSA) is 175 Å². The molecule has 0 bridgehead atoms. The molecule has 0 spiro atoms. The van der Waals surface area contributed by atoms with Crippen molar-refractivity contribution in [3.63, 3.8) is 0 Å². The molecule has 1 rings (SSSR count). The van der Waals surface area contributed by atoms with E-state index in [-0.39, 0.29) is 18.5 Å². The third-order valence-electron chi connectivity index (χ3n) is 21.0. The van der Waals surface area contributed by atoms with Gasteiger partial charge in [-0.1, -0.05) is 403 Å². The summed E-state index contributed by atoms with van der Waals surface area (Å²) in [6.45, 7) is 4.40. The number of amides is 1. The summed E-state index contributed by atoms with van der Waals surface area (Å²) < 4.78 is 16.8. The number of hydrogen-bond donors (Lipinski definition) is 6. The number of esters is 1. The van der Waals surface area contributed by atoms with E-state index < -0.39 is 49.5 Å². The van der Waals surface area contributed by atoms with Gasteiger partial charge in [-0.3, -0.25) is 9.59 Å². The van der Waals surface area contributed by atoms with E-state index in [0.717, 1.165) is 51.4 Å². The van der Waals surface area contributed by atoms with Crippen molar-refractivity contribution in [2.75, 3.05) is 19.8 Å². The Balaban J connectivity index is 1.87. The number of allylic oxidation sites excluding steroid dienone is 5. The van der Waals surface area contributed by atoms with Crippen LogP contribution in [0.1, 0.15) is 450 Å². The lowest BCUT2D eigenvalue weighted by Gasteiger charge is -2.40. The van der Waals surface area contributed by atoms with Crippen LogP contribution in [0.3, 0.4) is 0 Å². The Labute approximate surface area is 613 Å². The Morgan fingerprint density at radius 2 is 0.657 bits per heavy atom. The van der Waals surface area contributed by atoms with Gasteiger partial charge in [0.2, 0.25) is 5.91 Å². The lowest BCUT2D eigenvalue weighted by atomic mass is 9.99. The van der Waals surface area contributed by atoms with Crippen LogP contribution in [-0.4, -0.2) is 100 Å². The van der Waals surface area contributed by atoms with Crippen molar-refractivity contribution in [2.24, 2.45) is 0 Å². The zero-order chi connectivity index (χ0) is 71.5. The summed E-state index contributed by atoms with van der Waals surface area (Å²) in [6.07, 6.45) is 92.1. The average Bonchev–Trinajstić information content (AvgIpc) is 0.825. The molecule has 1 heterocycles. The van der Waals surface area contributed by atoms with Crippen molar-refractivity contribution < 1.29 is 49.3 Å². The summed E-state index contributed by atoms with van der Waals surface area (Å²) in [6, 6.07) is -0.825. The van der Waals surface area contributed by atoms with E-state index >= 15 is 0 Å². The fourth-order valence-electron chi connectivity index (χ4n) is 14.2. The molecule has 11 heteroatoms. The van der Waals surface area contributed by atoms with Crippen molar-refractivity contribution >= 4 is 11.9 Å². The lowest BCUT2D eigenvalue weighted by molar-refractivity contribution is -0.302. The number of rotatable bonds is 79. The van der Waals surface area contributed by atoms with Crippen LogP contribution in [-0.2, 0) is 23.8 Å². The molecule has 0 saturated carbocycles. The summed E-state index contributed by atoms with van der Waals surface area (Å²) in [4.78, 5) is 25.2. The Morgan fingerprint density at radius 3 is 1.00 bits per heavy atom. The van der Waals surface area contributed by atoms with E-state index in [2.05, 4.69) is 43.5 Å². The van der Waals surface area contributed by atoms with E-state index in [1.807, 2.05) is 6.08 Å². The summed E-state index contributed by atoms with van der Waals surface area (Å²) >= 11 is 0. The summed E-state index contributed by atoms with van der Waals surface area (Å²) in [7, 11) is 0. The molecule has 1 aliphatic rings. The average molecular weight is 1400 g/mol. The van der Waals surface area contributed by atoms with Crippen LogP contribution in [0.2, 0.25) is 0 Å². The second-order valence-corrected chi connectivity index (χ2v) is 30.6. The predicted octanol–water partition coefficient (Wildman–Crippen LogP) is 24.4. The van der Waals surface area contributed by atoms with E-state index in [9.17, 15) is 35.1 Å². The smallest absolute Gasteiger partial charge is 0.305 e.